The molecular weight excluding hydrogens is 232 g/mol. The number of hydrogen-bond donors (Lipinski definition) is 1. The van der Waals surface area contributed by atoms with Crippen molar-refractivity contribution in [3.63, 3.8) is 0 Å². The highest BCUT2D eigenvalue weighted by molar-refractivity contribution is 5.79. The third kappa shape index (κ3) is 3.22. The fourth-order valence-corrected chi connectivity index (χ4v) is 2.64. The zero-order chi connectivity index (χ0) is 13.1. The zero-order valence-corrected chi connectivity index (χ0v) is 11.0. The van der Waals surface area contributed by atoms with Crippen molar-refractivity contribution >= 4 is 11.9 Å². The van der Waals surface area contributed by atoms with Gasteiger partial charge < -0.3 is 10.0 Å². The van der Waals surface area contributed by atoms with Crippen LogP contribution in [-0.4, -0.2) is 59.0 Å². The predicted molar refractivity (Wildman–Crippen MR) is 67.2 cm³/mol. The van der Waals surface area contributed by atoms with Crippen LogP contribution in [0.5, 0.6) is 0 Å². The maximum atomic E-state index is 12.1. The summed E-state index contributed by atoms with van der Waals surface area (Å²) in [4.78, 5) is 27.0. The maximum absolute atomic E-state index is 12.1. The third-order valence-corrected chi connectivity index (χ3v) is 3.94. The number of likely N-dealkylation sites (tertiary alicyclic amines) is 1. The molecule has 5 nitrogen and oxygen atoms in total. The summed E-state index contributed by atoms with van der Waals surface area (Å²) in [7, 11) is 0. The lowest BCUT2D eigenvalue weighted by Crippen LogP contribution is -2.44. The Morgan fingerprint density at radius 2 is 1.83 bits per heavy atom. The molecule has 2 rings (SSSR count). The van der Waals surface area contributed by atoms with Gasteiger partial charge in [0.25, 0.3) is 0 Å². The highest BCUT2D eigenvalue weighted by atomic mass is 16.4. The summed E-state index contributed by atoms with van der Waals surface area (Å²) in [5.74, 6) is -0.718. The number of nitrogens with zero attached hydrogens (tertiary/aromatic N) is 2. The number of piperidine rings is 1. The second kappa shape index (κ2) is 5.69. The molecule has 0 radical (unpaired) electrons. The Hall–Kier alpha value is -1.10. The molecule has 1 saturated heterocycles. The molecule has 1 aliphatic carbocycles. The van der Waals surface area contributed by atoms with Crippen LogP contribution in [0.25, 0.3) is 0 Å². The lowest BCUT2D eigenvalue weighted by atomic mass is 9.97. The number of amides is 1. The van der Waals surface area contributed by atoms with Crippen molar-refractivity contribution in [3.8, 4) is 0 Å². The van der Waals surface area contributed by atoms with E-state index in [0.717, 1.165) is 32.5 Å². The summed E-state index contributed by atoms with van der Waals surface area (Å²) in [6.07, 6.45) is 3.61. The summed E-state index contributed by atoms with van der Waals surface area (Å²) < 4.78 is 0. The van der Waals surface area contributed by atoms with Gasteiger partial charge >= 0.3 is 5.97 Å². The molecule has 0 aromatic carbocycles. The van der Waals surface area contributed by atoms with Crippen LogP contribution in [0.4, 0.5) is 0 Å². The Morgan fingerprint density at radius 1 is 1.22 bits per heavy atom. The first kappa shape index (κ1) is 13.3. The summed E-state index contributed by atoms with van der Waals surface area (Å²) in [5, 5.41) is 8.92. The van der Waals surface area contributed by atoms with E-state index in [2.05, 4.69) is 4.90 Å². The van der Waals surface area contributed by atoms with Crippen LogP contribution in [0.15, 0.2) is 0 Å². The molecule has 102 valence electrons. The van der Waals surface area contributed by atoms with Gasteiger partial charge in [0.2, 0.25) is 5.91 Å². The monoisotopic (exact) mass is 254 g/mol. The number of carboxylic acids is 1. The van der Waals surface area contributed by atoms with Crippen molar-refractivity contribution in [1.82, 2.24) is 9.80 Å². The van der Waals surface area contributed by atoms with E-state index in [4.69, 9.17) is 5.11 Å². The SMILES string of the molecule is CCN(C(=O)CN1CCC(C(=O)O)CC1)C1CC1. The third-order valence-electron chi connectivity index (χ3n) is 3.94. The predicted octanol–water partition coefficient (Wildman–Crippen LogP) is 0.794. The lowest BCUT2D eigenvalue weighted by Gasteiger charge is -2.31. The van der Waals surface area contributed by atoms with Gasteiger partial charge in [-0.15, -0.1) is 0 Å². The standard InChI is InChI=1S/C13H22N2O3/c1-2-15(11-3-4-11)12(16)9-14-7-5-10(6-8-14)13(17)18/h10-11H,2-9H2,1H3,(H,17,18). The molecule has 0 aromatic heterocycles. The van der Waals surface area contributed by atoms with Crippen LogP contribution in [0.2, 0.25) is 0 Å². The van der Waals surface area contributed by atoms with E-state index in [9.17, 15) is 9.59 Å². The minimum Gasteiger partial charge on any atom is -0.481 e. The summed E-state index contributed by atoms with van der Waals surface area (Å²) in [6.45, 7) is 4.72. The molecule has 18 heavy (non-hydrogen) atoms. The summed E-state index contributed by atoms with van der Waals surface area (Å²) in [5.41, 5.74) is 0. The van der Waals surface area contributed by atoms with Gasteiger partial charge in [-0.25, -0.2) is 0 Å². The number of hydrogen-bond acceptors (Lipinski definition) is 3. The molecule has 2 fully saturated rings. The molecular formula is C13H22N2O3. The van der Waals surface area contributed by atoms with Crippen molar-refractivity contribution < 1.29 is 14.7 Å². The van der Waals surface area contributed by atoms with Crippen molar-refractivity contribution in [2.75, 3.05) is 26.2 Å². The van der Waals surface area contributed by atoms with Crippen molar-refractivity contribution in [1.29, 1.82) is 0 Å². The van der Waals surface area contributed by atoms with Gasteiger partial charge in [-0.05, 0) is 45.7 Å². The van der Waals surface area contributed by atoms with Crippen molar-refractivity contribution in [3.05, 3.63) is 0 Å². The molecule has 2 aliphatic rings. The number of carbonyl (C=O) groups is 2. The normalized spacial score (nSPS) is 21.8. The first-order valence-electron chi connectivity index (χ1n) is 6.86. The molecule has 1 aliphatic heterocycles. The maximum Gasteiger partial charge on any atom is 0.306 e. The van der Waals surface area contributed by atoms with E-state index in [1.165, 1.54) is 0 Å². The molecule has 0 bridgehead atoms. The van der Waals surface area contributed by atoms with Crippen LogP contribution < -0.4 is 0 Å². The van der Waals surface area contributed by atoms with E-state index in [1.807, 2.05) is 11.8 Å². The zero-order valence-electron chi connectivity index (χ0n) is 11.0. The summed E-state index contributed by atoms with van der Waals surface area (Å²) >= 11 is 0. The smallest absolute Gasteiger partial charge is 0.306 e. The van der Waals surface area contributed by atoms with E-state index in [-0.39, 0.29) is 11.8 Å². The highest BCUT2D eigenvalue weighted by Crippen LogP contribution is 2.27. The highest BCUT2D eigenvalue weighted by Gasteiger charge is 2.32. The number of carboxylic acid groups (broad SMARTS) is 1. The average molecular weight is 254 g/mol. The minimum atomic E-state index is -0.700. The van der Waals surface area contributed by atoms with Crippen LogP contribution >= 0.6 is 0 Å². The Labute approximate surface area is 108 Å². The fourth-order valence-electron chi connectivity index (χ4n) is 2.64. The topological polar surface area (TPSA) is 60.9 Å². The lowest BCUT2D eigenvalue weighted by molar-refractivity contribution is -0.143. The van der Waals surface area contributed by atoms with Gasteiger partial charge in [-0.1, -0.05) is 0 Å². The van der Waals surface area contributed by atoms with Crippen LogP contribution in [0, 0.1) is 5.92 Å². The summed E-state index contributed by atoms with van der Waals surface area (Å²) in [6, 6.07) is 0.471. The molecule has 0 atom stereocenters. The Morgan fingerprint density at radius 3 is 2.28 bits per heavy atom. The number of likely N-dealkylation sites (N-methyl/N-ethyl adjacent to an activating group) is 1. The molecule has 5 heteroatoms. The van der Waals surface area contributed by atoms with E-state index < -0.39 is 5.97 Å². The van der Waals surface area contributed by atoms with Crippen molar-refractivity contribution in [2.24, 2.45) is 5.92 Å². The van der Waals surface area contributed by atoms with Gasteiger partial charge in [0.15, 0.2) is 0 Å². The molecule has 0 aromatic rings. The van der Waals surface area contributed by atoms with Gasteiger partial charge in [0.1, 0.15) is 0 Å². The van der Waals surface area contributed by atoms with Crippen LogP contribution in [-0.2, 0) is 9.59 Å². The fraction of sp³-hybridized carbons (Fsp3) is 0.846. The first-order valence-corrected chi connectivity index (χ1v) is 6.86. The molecule has 1 heterocycles. The van der Waals surface area contributed by atoms with Crippen LogP contribution in [0.3, 0.4) is 0 Å². The Balaban J connectivity index is 1.76. The number of aliphatic carboxylic acids is 1. The van der Waals surface area contributed by atoms with Gasteiger partial charge in [0.05, 0.1) is 12.5 Å². The molecule has 1 amide bonds. The molecule has 0 spiro atoms. The number of carbonyl (C=O) groups excluding carboxylic acids is 1. The molecule has 1 N–H and O–H groups in total. The van der Waals surface area contributed by atoms with Gasteiger partial charge in [0, 0.05) is 12.6 Å². The average Bonchev–Trinajstić information content (AvgIpc) is 3.15. The Bertz CT molecular complexity index is 320. The molecule has 1 saturated carbocycles. The van der Waals surface area contributed by atoms with Crippen molar-refractivity contribution in [2.45, 2.75) is 38.6 Å². The van der Waals surface area contributed by atoms with E-state index in [1.54, 1.807) is 0 Å². The van der Waals surface area contributed by atoms with Crippen LogP contribution in [0.1, 0.15) is 32.6 Å². The van der Waals surface area contributed by atoms with E-state index >= 15 is 0 Å². The second-order valence-corrected chi connectivity index (χ2v) is 5.30. The quantitative estimate of drug-likeness (QED) is 0.788. The minimum absolute atomic E-state index is 0.203. The largest absolute Gasteiger partial charge is 0.481 e. The van der Waals surface area contributed by atoms with E-state index in [0.29, 0.717) is 25.4 Å². The first-order chi connectivity index (χ1) is 8.61. The second-order valence-electron chi connectivity index (χ2n) is 5.30. The number of rotatable bonds is 5. The van der Waals surface area contributed by atoms with Gasteiger partial charge in [-0.3, -0.25) is 14.5 Å². The molecule has 0 unspecified atom stereocenters. The Kier molecular flexibility index (Phi) is 4.22. The van der Waals surface area contributed by atoms with Gasteiger partial charge in [-0.2, -0.15) is 0 Å².